The lowest BCUT2D eigenvalue weighted by Gasteiger charge is -2.06. The van der Waals surface area contributed by atoms with Gasteiger partial charge in [-0.2, -0.15) is 0 Å². The topological polar surface area (TPSA) is 49.8 Å². The van der Waals surface area contributed by atoms with Crippen LogP contribution in [0.1, 0.15) is 17.0 Å². The molecule has 0 saturated heterocycles. The van der Waals surface area contributed by atoms with Gasteiger partial charge in [0, 0.05) is 25.2 Å². The van der Waals surface area contributed by atoms with Gasteiger partial charge in [0.1, 0.15) is 5.01 Å². The number of benzene rings is 2. The van der Waals surface area contributed by atoms with Crippen molar-refractivity contribution in [1.82, 2.24) is 10.2 Å². The quantitative estimate of drug-likeness (QED) is 0.614. The Morgan fingerprint density at radius 2 is 1.48 bits per heavy atom. The maximum Gasteiger partial charge on any atom is 0.205 e. The highest BCUT2D eigenvalue weighted by molar-refractivity contribution is 7.15. The predicted octanol–water partition coefficient (Wildman–Crippen LogP) is 4.04. The molecule has 3 aromatic rings. The summed E-state index contributed by atoms with van der Waals surface area (Å²) in [6.45, 7) is 1.83. The van der Waals surface area contributed by atoms with Gasteiger partial charge in [-0.3, -0.25) is 0 Å². The molecule has 2 N–H and O–H groups in total. The Hall–Kier alpha value is -2.40. The number of nitrogens with zero attached hydrogens (tertiary/aromatic N) is 2. The first kappa shape index (κ1) is 15.5. The van der Waals surface area contributed by atoms with Crippen LogP contribution in [0, 0.1) is 0 Å². The van der Waals surface area contributed by atoms with E-state index in [0.717, 1.165) is 41.8 Å². The fourth-order valence-corrected chi connectivity index (χ4v) is 3.04. The summed E-state index contributed by atoms with van der Waals surface area (Å²) in [5.74, 6) is 0. The summed E-state index contributed by atoms with van der Waals surface area (Å²) in [4.78, 5) is 0. The molecule has 1 aromatic heterocycles. The summed E-state index contributed by atoms with van der Waals surface area (Å²) in [5.41, 5.74) is 2.43. The van der Waals surface area contributed by atoms with E-state index in [4.69, 9.17) is 0 Å². The molecule has 3 rings (SSSR count). The van der Waals surface area contributed by atoms with Gasteiger partial charge in [0.15, 0.2) is 0 Å². The molecule has 5 heteroatoms. The van der Waals surface area contributed by atoms with Crippen LogP contribution in [0.4, 0.5) is 10.8 Å². The summed E-state index contributed by atoms with van der Waals surface area (Å²) in [6.07, 6.45) is 1.87. The van der Waals surface area contributed by atoms with E-state index in [2.05, 4.69) is 57.2 Å². The van der Waals surface area contributed by atoms with Crippen LogP contribution in [0.3, 0.4) is 0 Å². The van der Waals surface area contributed by atoms with E-state index in [1.54, 1.807) is 11.3 Å². The van der Waals surface area contributed by atoms with Gasteiger partial charge in [-0.25, -0.2) is 0 Å². The Labute approximate surface area is 140 Å². The van der Waals surface area contributed by atoms with Crippen molar-refractivity contribution in [2.45, 2.75) is 12.8 Å². The molecule has 0 amide bonds. The Bertz CT molecular complexity index is 697. The molecule has 23 heavy (non-hydrogen) atoms. The number of rotatable bonds is 8. The second-order valence-corrected chi connectivity index (χ2v) is 6.30. The minimum atomic E-state index is 0.843. The molecular weight excluding hydrogens is 304 g/mol. The van der Waals surface area contributed by atoms with Crippen LogP contribution in [-0.2, 0) is 6.42 Å². The monoisotopic (exact) mass is 324 g/mol. The first-order valence-corrected chi connectivity index (χ1v) is 8.61. The van der Waals surface area contributed by atoms with Crippen molar-refractivity contribution in [3.05, 3.63) is 71.2 Å². The summed E-state index contributed by atoms with van der Waals surface area (Å²) >= 11 is 1.63. The van der Waals surface area contributed by atoms with Gasteiger partial charge < -0.3 is 10.6 Å². The van der Waals surface area contributed by atoms with Crippen LogP contribution in [0.25, 0.3) is 0 Å². The largest absolute Gasteiger partial charge is 0.385 e. The molecule has 4 nitrogen and oxygen atoms in total. The lowest BCUT2D eigenvalue weighted by molar-refractivity contribution is 0.900. The van der Waals surface area contributed by atoms with E-state index >= 15 is 0 Å². The van der Waals surface area contributed by atoms with E-state index in [0.29, 0.717) is 0 Å². The first-order chi connectivity index (χ1) is 11.4. The average molecular weight is 324 g/mol. The zero-order chi connectivity index (χ0) is 15.7. The van der Waals surface area contributed by atoms with Crippen molar-refractivity contribution >= 4 is 22.2 Å². The zero-order valence-corrected chi connectivity index (χ0v) is 13.7. The summed E-state index contributed by atoms with van der Waals surface area (Å²) < 4.78 is 0. The van der Waals surface area contributed by atoms with Crippen LogP contribution >= 0.6 is 11.3 Å². The van der Waals surface area contributed by atoms with E-state index in [9.17, 15) is 0 Å². The summed E-state index contributed by atoms with van der Waals surface area (Å²) in [6, 6.07) is 20.6. The molecular formula is C18H20N4S. The Kier molecular flexibility index (Phi) is 5.58. The van der Waals surface area contributed by atoms with Gasteiger partial charge in [-0.05, 0) is 24.1 Å². The Morgan fingerprint density at radius 1 is 0.783 bits per heavy atom. The first-order valence-electron chi connectivity index (χ1n) is 7.79. The molecule has 0 saturated carbocycles. The maximum absolute atomic E-state index is 4.25. The van der Waals surface area contributed by atoms with Gasteiger partial charge in [0.2, 0.25) is 5.13 Å². The molecule has 0 unspecified atom stereocenters. The SMILES string of the molecule is c1ccc(Cc2nnc(NCCCNc3ccccc3)s2)cc1. The standard InChI is InChI=1S/C18H20N4S/c1-3-8-15(9-4-1)14-17-21-22-18(23-17)20-13-7-12-19-16-10-5-2-6-11-16/h1-6,8-11,19H,7,12-14H2,(H,20,22). The van der Waals surface area contributed by atoms with Gasteiger partial charge in [0.05, 0.1) is 0 Å². The van der Waals surface area contributed by atoms with Gasteiger partial charge in [0.25, 0.3) is 0 Å². The summed E-state index contributed by atoms with van der Waals surface area (Å²) in [5, 5.41) is 17.1. The number of nitrogens with one attached hydrogen (secondary N) is 2. The predicted molar refractivity (Wildman–Crippen MR) is 97.2 cm³/mol. The lowest BCUT2D eigenvalue weighted by Crippen LogP contribution is -2.08. The highest BCUT2D eigenvalue weighted by Gasteiger charge is 2.04. The number of hydrogen-bond acceptors (Lipinski definition) is 5. The molecule has 0 fully saturated rings. The summed E-state index contributed by atoms with van der Waals surface area (Å²) in [7, 11) is 0. The highest BCUT2D eigenvalue weighted by Crippen LogP contribution is 2.18. The number of anilines is 2. The van der Waals surface area contributed by atoms with Crippen molar-refractivity contribution in [2.24, 2.45) is 0 Å². The van der Waals surface area contributed by atoms with Crippen molar-refractivity contribution in [1.29, 1.82) is 0 Å². The van der Waals surface area contributed by atoms with Crippen LogP contribution in [0.15, 0.2) is 60.7 Å². The average Bonchev–Trinajstić information content (AvgIpc) is 3.04. The molecule has 0 atom stereocenters. The minimum absolute atomic E-state index is 0.843. The van der Waals surface area contributed by atoms with Crippen LogP contribution in [0.5, 0.6) is 0 Å². The second-order valence-electron chi connectivity index (χ2n) is 5.24. The van der Waals surface area contributed by atoms with E-state index in [-0.39, 0.29) is 0 Å². The highest BCUT2D eigenvalue weighted by atomic mass is 32.1. The molecule has 0 bridgehead atoms. The van der Waals surface area contributed by atoms with Crippen LogP contribution < -0.4 is 10.6 Å². The van der Waals surface area contributed by atoms with Crippen molar-refractivity contribution in [3.63, 3.8) is 0 Å². The Morgan fingerprint density at radius 3 is 2.26 bits per heavy atom. The minimum Gasteiger partial charge on any atom is -0.385 e. The smallest absolute Gasteiger partial charge is 0.205 e. The van der Waals surface area contributed by atoms with Crippen LogP contribution in [0.2, 0.25) is 0 Å². The lowest BCUT2D eigenvalue weighted by atomic mass is 10.2. The van der Waals surface area contributed by atoms with Crippen molar-refractivity contribution in [2.75, 3.05) is 23.7 Å². The van der Waals surface area contributed by atoms with Gasteiger partial charge in [-0.15, -0.1) is 10.2 Å². The molecule has 118 valence electrons. The number of hydrogen-bond donors (Lipinski definition) is 2. The molecule has 0 aliphatic rings. The third kappa shape index (κ3) is 5.07. The van der Waals surface area contributed by atoms with Gasteiger partial charge in [-0.1, -0.05) is 59.9 Å². The fraction of sp³-hybridized carbons (Fsp3) is 0.222. The van der Waals surface area contributed by atoms with Gasteiger partial charge >= 0.3 is 0 Å². The van der Waals surface area contributed by atoms with E-state index in [1.165, 1.54) is 5.56 Å². The third-order valence-electron chi connectivity index (χ3n) is 3.40. The zero-order valence-electron chi connectivity index (χ0n) is 12.9. The van der Waals surface area contributed by atoms with E-state index in [1.807, 2.05) is 24.3 Å². The number of aromatic nitrogens is 2. The molecule has 0 aliphatic heterocycles. The molecule has 0 spiro atoms. The third-order valence-corrected chi connectivity index (χ3v) is 4.28. The Balaban J connectivity index is 1.38. The molecule has 1 heterocycles. The van der Waals surface area contributed by atoms with E-state index < -0.39 is 0 Å². The van der Waals surface area contributed by atoms with Crippen molar-refractivity contribution in [3.8, 4) is 0 Å². The molecule has 0 aliphatic carbocycles. The fourth-order valence-electron chi connectivity index (χ4n) is 2.24. The molecule has 2 aromatic carbocycles. The maximum atomic E-state index is 4.25. The second kappa shape index (κ2) is 8.29. The molecule has 0 radical (unpaired) electrons. The number of para-hydroxylation sites is 1. The van der Waals surface area contributed by atoms with Crippen LogP contribution in [-0.4, -0.2) is 23.3 Å². The van der Waals surface area contributed by atoms with Crippen molar-refractivity contribution < 1.29 is 0 Å². The normalized spacial score (nSPS) is 10.4.